The number of aryl methyl sites for hydroxylation is 1. The number of carbonyl (C=O) groups is 1. The van der Waals surface area contributed by atoms with Gasteiger partial charge in [0.25, 0.3) is 0 Å². The Bertz CT molecular complexity index is 1400. The highest BCUT2D eigenvalue weighted by Gasteiger charge is 2.26. The van der Waals surface area contributed by atoms with E-state index in [4.69, 9.17) is 19.9 Å². The van der Waals surface area contributed by atoms with Gasteiger partial charge in [-0.15, -0.1) is 0 Å². The third-order valence-electron chi connectivity index (χ3n) is 6.49. The first-order valence-electron chi connectivity index (χ1n) is 11.8. The van der Waals surface area contributed by atoms with Crippen molar-refractivity contribution in [3.8, 4) is 22.6 Å². The number of benzene rings is 3. The number of hydrogen-bond donors (Lipinski definition) is 1. The fraction of sp³-hybridized carbons (Fsp3) is 0.241. The van der Waals surface area contributed by atoms with Gasteiger partial charge in [-0.05, 0) is 77.7 Å². The zero-order valence-corrected chi connectivity index (χ0v) is 19.9. The molecule has 35 heavy (non-hydrogen) atoms. The Morgan fingerprint density at radius 3 is 2.80 bits per heavy atom. The topological polar surface area (TPSA) is 83.7 Å². The molecule has 6 heteroatoms. The molecule has 0 radical (unpaired) electrons. The fourth-order valence-corrected chi connectivity index (χ4v) is 4.79. The zero-order chi connectivity index (χ0) is 24.4. The second-order valence-electron chi connectivity index (χ2n) is 8.61. The van der Waals surface area contributed by atoms with Gasteiger partial charge in [0, 0.05) is 17.1 Å². The predicted octanol–water partition coefficient (Wildman–Crippen LogP) is 5.66. The van der Waals surface area contributed by atoms with Gasteiger partial charge in [-0.1, -0.05) is 30.3 Å². The first kappa shape index (κ1) is 22.7. The molecule has 6 nitrogen and oxygen atoms in total. The molecule has 1 aliphatic carbocycles. The number of aromatic nitrogens is 1. The molecule has 1 aromatic heterocycles. The van der Waals surface area contributed by atoms with E-state index >= 15 is 0 Å². The van der Waals surface area contributed by atoms with Gasteiger partial charge in [-0.3, -0.25) is 4.79 Å². The molecule has 2 N–H and O–H groups in total. The van der Waals surface area contributed by atoms with Crippen LogP contribution in [0.5, 0.6) is 11.5 Å². The number of esters is 1. The largest absolute Gasteiger partial charge is 0.497 e. The highest BCUT2D eigenvalue weighted by Crippen LogP contribution is 2.40. The van der Waals surface area contributed by atoms with Crippen LogP contribution in [-0.2, 0) is 22.4 Å². The quantitative estimate of drug-likeness (QED) is 0.352. The van der Waals surface area contributed by atoms with E-state index in [1.54, 1.807) is 20.2 Å². The lowest BCUT2D eigenvalue weighted by Gasteiger charge is -2.19. The van der Waals surface area contributed by atoms with Gasteiger partial charge in [0.2, 0.25) is 0 Å². The van der Waals surface area contributed by atoms with Crippen molar-refractivity contribution in [2.45, 2.75) is 32.3 Å². The number of rotatable bonds is 7. The number of ether oxygens (including phenoxy) is 3. The van der Waals surface area contributed by atoms with Crippen molar-refractivity contribution in [1.82, 2.24) is 4.98 Å². The number of hydrogen-bond acceptors (Lipinski definition) is 6. The van der Waals surface area contributed by atoms with Gasteiger partial charge >= 0.3 is 5.97 Å². The second-order valence-corrected chi connectivity index (χ2v) is 8.61. The lowest BCUT2D eigenvalue weighted by atomic mass is 9.96. The summed E-state index contributed by atoms with van der Waals surface area (Å²) in [5.74, 6) is 1.59. The van der Waals surface area contributed by atoms with Crippen molar-refractivity contribution in [3.63, 3.8) is 0 Å². The third-order valence-corrected chi connectivity index (χ3v) is 6.49. The van der Waals surface area contributed by atoms with E-state index in [9.17, 15) is 4.79 Å². The Morgan fingerprint density at radius 1 is 1.09 bits per heavy atom. The van der Waals surface area contributed by atoms with Gasteiger partial charge in [-0.2, -0.15) is 0 Å². The van der Waals surface area contributed by atoms with Crippen LogP contribution in [-0.4, -0.2) is 24.7 Å². The minimum Gasteiger partial charge on any atom is -0.497 e. The van der Waals surface area contributed by atoms with Crippen LogP contribution in [0.25, 0.3) is 21.9 Å². The lowest BCUT2D eigenvalue weighted by molar-refractivity contribution is -0.142. The molecule has 0 saturated carbocycles. The maximum absolute atomic E-state index is 12.2. The van der Waals surface area contributed by atoms with Crippen LogP contribution in [0.3, 0.4) is 0 Å². The van der Waals surface area contributed by atoms with Crippen LogP contribution in [0.1, 0.15) is 36.1 Å². The smallest absolute Gasteiger partial charge is 0.310 e. The van der Waals surface area contributed by atoms with Crippen molar-refractivity contribution >= 4 is 22.6 Å². The summed E-state index contributed by atoms with van der Waals surface area (Å²) in [7, 11) is 1.61. The highest BCUT2D eigenvalue weighted by atomic mass is 16.5. The SMILES string of the molecule is CCOC(=O)Cc1cc(OC)ccc1OC1CCc2ccc(-c3cccc4c(N)nccc34)cc21. The highest BCUT2D eigenvalue weighted by molar-refractivity contribution is 6.01. The molecular weight excluding hydrogens is 440 g/mol. The number of nitrogen functional groups attached to an aromatic ring is 1. The van der Waals surface area contributed by atoms with E-state index in [1.165, 1.54) is 11.1 Å². The summed E-state index contributed by atoms with van der Waals surface area (Å²) in [5, 5.41) is 2.02. The van der Waals surface area contributed by atoms with Gasteiger partial charge in [0.15, 0.2) is 0 Å². The molecule has 0 aliphatic heterocycles. The molecule has 3 aromatic carbocycles. The summed E-state index contributed by atoms with van der Waals surface area (Å²) < 4.78 is 17.0. The third kappa shape index (κ3) is 4.52. The van der Waals surface area contributed by atoms with Gasteiger partial charge in [0.05, 0.1) is 20.1 Å². The van der Waals surface area contributed by atoms with E-state index in [-0.39, 0.29) is 18.5 Å². The average Bonchev–Trinajstić information content (AvgIpc) is 3.27. The summed E-state index contributed by atoms with van der Waals surface area (Å²) in [4.78, 5) is 16.4. The molecule has 5 rings (SSSR count). The Hall–Kier alpha value is -4.06. The van der Waals surface area contributed by atoms with Crippen LogP contribution in [0.15, 0.2) is 66.9 Å². The normalized spacial score (nSPS) is 14.5. The monoisotopic (exact) mass is 468 g/mol. The first-order valence-corrected chi connectivity index (χ1v) is 11.8. The van der Waals surface area contributed by atoms with Crippen molar-refractivity contribution in [3.05, 3.63) is 83.6 Å². The molecule has 1 heterocycles. The van der Waals surface area contributed by atoms with Gasteiger partial charge in [0.1, 0.15) is 23.4 Å². The van der Waals surface area contributed by atoms with E-state index < -0.39 is 0 Å². The molecular formula is C29H28N2O4. The summed E-state index contributed by atoms with van der Waals surface area (Å²) in [6, 6.07) is 20.2. The van der Waals surface area contributed by atoms with Crippen LogP contribution < -0.4 is 15.2 Å². The molecule has 0 spiro atoms. The fourth-order valence-electron chi connectivity index (χ4n) is 4.79. The number of nitrogens with two attached hydrogens (primary N) is 1. The van der Waals surface area contributed by atoms with Gasteiger partial charge < -0.3 is 19.9 Å². The molecule has 1 atom stereocenters. The number of nitrogens with zero attached hydrogens (tertiary/aromatic N) is 1. The summed E-state index contributed by atoms with van der Waals surface area (Å²) in [5.41, 5.74) is 11.5. The number of pyridine rings is 1. The minimum absolute atomic E-state index is 0.110. The average molecular weight is 469 g/mol. The van der Waals surface area contributed by atoms with Crippen LogP contribution in [0.2, 0.25) is 0 Å². The first-order chi connectivity index (χ1) is 17.1. The second kappa shape index (κ2) is 9.66. The van der Waals surface area contributed by atoms with Crippen molar-refractivity contribution in [2.24, 2.45) is 0 Å². The van der Waals surface area contributed by atoms with E-state index in [2.05, 4.69) is 29.2 Å². The lowest BCUT2D eigenvalue weighted by Crippen LogP contribution is -2.11. The molecule has 4 aromatic rings. The van der Waals surface area contributed by atoms with E-state index in [0.29, 0.717) is 23.9 Å². The summed E-state index contributed by atoms with van der Waals surface area (Å²) in [6.45, 7) is 2.14. The minimum atomic E-state index is -0.288. The number of anilines is 1. The summed E-state index contributed by atoms with van der Waals surface area (Å²) in [6.07, 6.45) is 3.58. The number of methoxy groups -OCH3 is 1. The van der Waals surface area contributed by atoms with Crippen LogP contribution in [0, 0.1) is 0 Å². The molecule has 0 amide bonds. The number of fused-ring (bicyclic) bond motifs is 2. The molecule has 178 valence electrons. The Morgan fingerprint density at radius 2 is 1.97 bits per heavy atom. The zero-order valence-electron chi connectivity index (χ0n) is 19.9. The van der Waals surface area contributed by atoms with E-state index in [0.717, 1.165) is 40.3 Å². The molecule has 0 bridgehead atoms. The predicted molar refractivity (Wildman–Crippen MR) is 137 cm³/mol. The maximum Gasteiger partial charge on any atom is 0.310 e. The Kier molecular flexibility index (Phi) is 6.27. The summed E-state index contributed by atoms with van der Waals surface area (Å²) >= 11 is 0. The molecule has 0 saturated heterocycles. The van der Waals surface area contributed by atoms with E-state index in [1.807, 2.05) is 36.4 Å². The Labute approximate surface area is 204 Å². The number of carbonyl (C=O) groups excluding carboxylic acids is 1. The van der Waals surface area contributed by atoms with Crippen molar-refractivity contribution < 1.29 is 19.0 Å². The molecule has 1 aliphatic rings. The van der Waals surface area contributed by atoms with Crippen molar-refractivity contribution in [1.29, 1.82) is 0 Å². The molecule has 1 unspecified atom stereocenters. The van der Waals surface area contributed by atoms with Gasteiger partial charge in [-0.25, -0.2) is 4.98 Å². The maximum atomic E-state index is 12.2. The standard InChI is InChI=1S/C29H28N2O4/c1-3-34-28(32)17-20-15-21(33-2)10-12-26(20)35-27-11-9-18-7-8-19(16-25(18)27)22-5-4-6-24-23(22)13-14-31-29(24)30/h4-8,10,12-16,27H,3,9,11,17H2,1-2H3,(H2,30,31). The van der Waals surface area contributed by atoms with Crippen LogP contribution >= 0.6 is 0 Å². The van der Waals surface area contributed by atoms with Crippen LogP contribution in [0.4, 0.5) is 5.82 Å². The van der Waals surface area contributed by atoms with Crippen molar-refractivity contribution in [2.75, 3.05) is 19.5 Å². The molecule has 0 fully saturated rings. The Balaban J connectivity index is 1.48.